The molecule has 0 unspecified atom stereocenters. The van der Waals surface area contributed by atoms with Crippen molar-refractivity contribution in [2.75, 3.05) is 0 Å². The maximum Gasteiger partial charge on any atom is 0.267 e. The van der Waals surface area contributed by atoms with Crippen molar-refractivity contribution in [2.24, 2.45) is 5.73 Å². The lowest BCUT2D eigenvalue weighted by molar-refractivity contribution is 0.0994. The maximum atomic E-state index is 12.0. The summed E-state index contributed by atoms with van der Waals surface area (Å²) in [6.07, 6.45) is 6.34. The fourth-order valence-corrected chi connectivity index (χ4v) is 3.69. The number of amides is 1. The Morgan fingerprint density at radius 2 is 1.96 bits per heavy atom. The van der Waals surface area contributed by atoms with E-state index in [1.54, 1.807) is 16.7 Å². The summed E-state index contributed by atoms with van der Waals surface area (Å²) in [7, 11) is 0. The lowest BCUT2D eigenvalue weighted by atomic mass is 9.90. The molecule has 1 aliphatic carbocycles. The second-order valence-electron chi connectivity index (χ2n) is 6.64. The number of hydrogen-bond acceptors (Lipinski definition) is 3. The number of carbonyl (C=O) groups is 1. The average Bonchev–Trinajstić information content (AvgIpc) is 3.15. The van der Waals surface area contributed by atoms with Crippen LogP contribution < -0.4 is 11.3 Å². The summed E-state index contributed by atoms with van der Waals surface area (Å²) >= 11 is 0. The maximum absolute atomic E-state index is 12.0. The molecular formula is C20H20N4O2. The topological polar surface area (TPSA) is 93.8 Å². The van der Waals surface area contributed by atoms with Crippen LogP contribution in [0.3, 0.4) is 0 Å². The van der Waals surface area contributed by atoms with Crippen molar-refractivity contribution >= 4 is 5.91 Å². The number of fused-ring (bicyclic) bond motifs is 1. The number of aromatic nitrogens is 3. The molecule has 26 heavy (non-hydrogen) atoms. The van der Waals surface area contributed by atoms with Crippen molar-refractivity contribution in [2.45, 2.75) is 32.1 Å². The molecule has 3 N–H and O–H groups in total. The van der Waals surface area contributed by atoms with Crippen molar-refractivity contribution in [3.8, 4) is 5.69 Å². The van der Waals surface area contributed by atoms with Crippen molar-refractivity contribution in [1.82, 2.24) is 14.8 Å². The molecule has 2 heterocycles. The first-order valence-corrected chi connectivity index (χ1v) is 8.79. The van der Waals surface area contributed by atoms with Gasteiger partial charge in [-0.15, -0.1) is 0 Å². The number of primary amides is 1. The number of carbonyl (C=O) groups excluding carboxylic acids is 1. The molecule has 0 fully saturated rings. The van der Waals surface area contributed by atoms with Gasteiger partial charge in [0.1, 0.15) is 5.69 Å². The molecule has 4 rings (SSSR count). The third-order valence-electron chi connectivity index (χ3n) is 4.94. The summed E-state index contributed by atoms with van der Waals surface area (Å²) < 4.78 is 1.78. The van der Waals surface area contributed by atoms with Gasteiger partial charge in [0.25, 0.3) is 11.5 Å². The molecule has 1 aromatic carbocycles. The zero-order chi connectivity index (χ0) is 18.1. The zero-order valence-corrected chi connectivity index (χ0v) is 14.4. The largest absolute Gasteiger partial charge is 0.364 e. The Morgan fingerprint density at radius 3 is 2.77 bits per heavy atom. The molecule has 0 aliphatic heterocycles. The SMILES string of the molecule is NC(=O)c1cccn1-c1cccc(Cc2n[nH]c(=O)c3c2CCCC3)c1. The molecule has 3 aromatic rings. The van der Waals surface area contributed by atoms with Gasteiger partial charge in [-0.3, -0.25) is 9.59 Å². The van der Waals surface area contributed by atoms with Gasteiger partial charge in [-0.25, -0.2) is 5.10 Å². The lowest BCUT2D eigenvalue weighted by Crippen LogP contribution is -2.23. The van der Waals surface area contributed by atoms with Crippen molar-refractivity contribution in [1.29, 1.82) is 0 Å². The van der Waals surface area contributed by atoms with Gasteiger partial charge in [0, 0.05) is 23.9 Å². The minimum Gasteiger partial charge on any atom is -0.364 e. The molecule has 0 saturated heterocycles. The molecule has 1 aliphatic rings. The van der Waals surface area contributed by atoms with E-state index in [0.717, 1.165) is 53.8 Å². The van der Waals surface area contributed by atoms with E-state index in [-0.39, 0.29) is 5.56 Å². The highest BCUT2D eigenvalue weighted by atomic mass is 16.1. The van der Waals surface area contributed by atoms with Crippen LogP contribution in [-0.4, -0.2) is 20.7 Å². The predicted molar refractivity (Wildman–Crippen MR) is 98.6 cm³/mol. The van der Waals surface area contributed by atoms with Crippen LogP contribution >= 0.6 is 0 Å². The van der Waals surface area contributed by atoms with E-state index in [1.165, 1.54) is 0 Å². The molecule has 6 nitrogen and oxygen atoms in total. The summed E-state index contributed by atoms with van der Waals surface area (Å²) in [6, 6.07) is 11.4. The number of rotatable bonds is 4. The van der Waals surface area contributed by atoms with Crippen LogP contribution in [0.1, 0.15) is 45.7 Å². The molecule has 0 bridgehead atoms. The number of aromatic amines is 1. The van der Waals surface area contributed by atoms with Gasteiger partial charge < -0.3 is 10.3 Å². The van der Waals surface area contributed by atoms with Gasteiger partial charge in [-0.1, -0.05) is 12.1 Å². The number of nitrogens with two attached hydrogens (primary N) is 1. The number of nitrogens with zero attached hydrogens (tertiary/aromatic N) is 2. The highest BCUT2D eigenvalue weighted by molar-refractivity contribution is 5.91. The van der Waals surface area contributed by atoms with Gasteiger partial charge >= 0.3 is 0 Å². The molecule has 2 aromatic heterocycles. The van der Waals surface area contributed by atoms with Crippen molar-refractivity contribution in [3.05, 3.63) is 81.0 Å². The highest BCUT2D eigenvalue weighted by Crippen LogP contribution is 2.23. The first kappa shape index (κ1) is 16.3. The molecule has 0 radical (unpaired) electrons. The van der Waals surface area contributed by atoms with Crippen molar-refractivity contribution in [3.63, 3.8) is 0 Å². The molecule has 1 amide bonds. The first-order valence-electron chi connectivity index (χ1n) is 8.79. The quantitative estimate of drug-likeness (QED) is 0.756. The minimum atomic E-state index is -0.461. The first-order chi connectivity index (χ1) is 12.6. The molecule has 0 spiro atoms. The van der Waals surface area contributed by atoms with E-state index < -0.39 is 5.91 Å². The normalized spacial score (nSPS) is 13.4. The van der Waals surface area contributed by atoms with E-state index in [4.69, 9.17) is 5.73 Å². The van der Waals surface area contributed by atoms with Gasteiger partial charge in [0.2, 0.25) is 0 Å². The summed E-state index contributed by atoms with van der Waals surface area (Å²) in [6.45, 7) is 0. The number of H-pyrrole nitrogens is 1. The molecule has 132 valence electrons. The average molecular weight is 348 g/mol. The van der Waals surface area contributed by atoms with Gasteiger partial charge in [0.15, 0.2) is 0 Å². The Balaban J connectivity index is 1.70. The highest BCUT2D eigenvalue weighted by Gasteiger charge is 2.18. The minimum absolute atomic E-state index is 0.0596. The predicted octanol–water partition coefficient (Wildman–Crippen LogP) is 2.13. The van der Waals surface area contributed by atoms with Crippen LogP contribution in [0.2, 0.25) is 0 Å². The van der Waals surface area contributed by atoms with Crippen LogP contribution in [0.15, 0.2) is 47.4 Å². The van der Waals surface area contributed by atoms with E-state index >= 15 is 0 Å². The Hall–Kier alpha value is -3.15. The van der Waals surface area contributed by atoms with Crippen molar-refractivity contribution < 1.29 is 4.79 Å². The Labute approximate surface area is 150 Å². The van der Waals surface area contributed by atoms with E-state index in [0.29, 0.717) is 12.1 Å². The van der Waals surface area contributed by atoms with E-state index in [9.17, 15) is 9.59 Å². The van der Waals surface area contributed by atoms with E-state index in [1.807, 2.05) is 30.5 Å². The number of benzene rings is 1. The molecule has 0 saturated carbocycles. The van der Waals surface area contributed by atoms with Gasteiger partial charge in [-0.05, 0) is 61.1 Å². The third kappa shape index (κ3) is 2.94. The molecule has 6 heteroatoms. The van der Waals surface area contributed by atoms with Gasteiger partial charge in [0.05, 0.1) is 5.69 Å². The third-order valence-corrected chi connectivity index (χ3v) is 4.94. The van der Waals surface area contributed by atoms with Crippen LogP contribution in [0, 0.1) is 0 Å². The standard InChI is InChI=1S/C20H20N4O2/c21-19(25)18-9-4-10-24(18)14-6-3-5-13(11-14)12-17-15-7-1-2-8-16(15)20(26)23-22-17/h3-6,9-11H,1-2,7-8,12H2,(H2,21,25)(H,23,26). The summed E-state index contributed by atoms with van der Waals surface area (Å²) in [5.41, 5.74) is 10.7. The zero-order valence-electron chi connectivity index (χ0n) is 14.4. The van der Waals surface area contributed by atoms with Crippen LogP contribution in [0.4, 0.5) is 0 Å². The fourth-order valence-electron chi connectivity index (χ4n) is 3.69. The Bertz CT molecular complexity index is 1030. The Kier molecular flexibility index (Phi) is 4.16. The summed E-state index contributed by atoms with van der Waals surface area (Å²) in [5, 5.41) is 6.95. The molecule has 0 atom stereocenters. The smallest absolute Gasteiger partial charge is 0.267 e. The van der Waals surface area contributed by atoms with Crippen LogP contribution in [0.5, 0.6) is 0 Å². The van der Waals surface area contributed by atoms with Crippen LogP contribution in [0.25, 0.3) is 5.69 Å². The molecular weight excluding hydrogens is 328 g/mol. The number of hydrogen-bond donors (Lipinski definition) is 2. The number of nitrogens with one attached hydrogen (secondary N) is 1. The van der Waals surface area contributed by atoms with Crippen LogP contribution in [-0.2, 0) is 19.3 Å². The Morgan fingerprint density at radius 1 is 1.15 bits per heavy atom. The monoisotopic (exact) mass is 348 g/mol. The second kappa shape index (κ2) is 6.63. The summed E-state index contributed by atoms with van der Waals surface area (Å²) in [5.74, 6) is -0.461. The van der Waals surface area contributed by atoms with E-state index in [2.05, 4.69) is 10.2 Å². The summed E-state index contributed by atoms with van der Waals surface area (Å²) in [4.78, 5) is 23.6. The second-order valence-corrected chi connectivity index (χ2v) is 6.64. The van der Waals surface area contributed by atoms with Gasteiger partial charge in [-0.2, -0.15) is 5.10 Å². The lowest BCUT2D eigenvalue weighted by Gasteiger charge is -2.17. The fraction of sp³-hybridized carbons (Fsp3) is 0.250.